The third-order valence-corrected chi connectivity index (χ3v) is 4.90. The maximum absolute atomic E-state index is 12.4. The van der Waals surface area contributed by atoms with Crippen molar-refractivity contribution in [1.82, 2.24) is 9.80 Å². The Labute approximate surface area is 118 Å². The second kappa shape index (κ2) is 6.50. The second-order valence-corrected chi connectivity index (χ2v) is 7.01. The summed E-state index contributed by atoms with van der Waals surface area (Å²) in [5.41, 5.74) is 0. The highest BCUT2D eigenvalue weighted by Crippen LogP contribution is 2.23. The molecule has 0 saturated carbocycles. The van der Waals surface area contributed by atoms with Gasteiger partial charge in [-0.15, -0.1) is 0 Å². The fraction of sp³-hybridized carbons (Fsp3) is 0.846. The van der Waals surface area contributed by atoms with Gasteiger partial charge in [-0.05, 0) is 18.8 Å². The lowest BCUT2D eigenvalue weighted by Crippen LogP contribution is -2.51. The van der Waals surface area contributed by atoms with Crippen molar-refractivity contribution in [3.8, 4) is 0 Å². The number of hydrogen-bond acceptors (Lipinski definition) is 3. The molecule has 2 aliphatic heterocycles. The van der Waals surface area contributed by atoms with Gasteiger partial charge in [-0.25, -0.2) is 4.79 Å². The topological polar surface area (TPSA) is 60.9 Å². The summed E-state index contributed by atoms with van der Waals surface area (Å²) in [6.45, 7) is 5.14. The van der Waals surface area contributed by atoms with Crippen LogP contribution in [0.1, 0.15) is 26.2 Å². The highest BCUT2D eigenvalue weighted by molar-refractivity contribution is 7.99. The molecule has 19 heavy (non-hydrogen) atoms. The molecule has 2 saturated heterocycles. The summed E-state index contributed by atoms with van der Waals surface area (Å²) in [7, 11) is 0. The van der Waals surface area contributed by atoms with Crippen LogP contribution in [-0.4, -0.2) is 64.1 Å². The minimum atomic E-state index is -0.762. The molecule has 5 nitrogen and oxygen atoms in total. The van der Waals surface area contributed by atoms with Crippen LogP contribution >= 0.6 is 11.8 Å². The van der Waals surface area contributed by atoms with Crippen LogP contribution in [0.15, 0.2) is 0 Å². The lowest BCUT2D eigenvalue weighted by atomic mass is 9.95. The Kier molecular flexibility index (Phi) is 4.96. The minimum absolute atomic E-state index is 0.0993. The monoisotopic (exact) mass is 286 g/mol. The Morgan fingerprint density at radius 3 is 2.68 bits per heavy atom. The summed E-state index contributed by atoms with van der Waals surface area (Å²) in [5.74, 6) is 0.355. The van der Waals surface area contributed by atoms with Gasteiger partial charge in [-0.1, -0.05) is 6.92 Å². The van der Waals surface area contributed by atoms with E-state index in [-0.39, 0.29) is 18.4 Å². The normalized spacial score (nSPS) is 28.3. The summed E-state index contributed by atoms with van der Waals surface area (Å²) in [6.07, 6.45) is 2.01. The van der Waals surface area contributed by atoms with E-state index in [0.29, 0.717) is 11.8 Å². The molecule has 0 aromatic rings. The van der Waals surface area contributed by atoms with Crippen LogP contribution in [0, 0.1) is 5.92 Å². The van der Waals surface area contributed by atoms with E-state index in [1.54, 1.807) is 0 Å². The van der Waals surface area contributed by atoms with E-state index >= 15 is 0 Å². The van der Waals surface area contributed by atoms with Gasteiger partial charge in [0.05, 0.1) is 0 Å². The molecule has 1 N–H and O–H groups in total. The molecule has 2 atom stereocenters. The van der Waals surface area contributed by atoms with E-state index in [1.807, 2.05) is 21.6 Å². The molecule has 0 spiro atoms. The minimum Gasteiger partial charge on any atom is -0.481 e. The van der Waals surface area contributed by atoms with Gasteiger partial charge in [-0.3, -0.25) is 4.79 Å². The number of amides is 2. The zero-order valence-corrected chi connectivity index (χ0v) is 12.2. The molecule has 0 radical (unpaired) electrons. The third kappa shape index (κ3) is 4.03. The quantitative estimate of drug-likeness (QED) is 0.840. The van der Waals surface area contributed by atoms with Crippen LogP contribution in [-0.2, 0) is 4.79 Å². The number of urea groups is 1. The van der Waals surface area contributed by atoms with Gasteiger partial charge in [0.15, 0.2) is 0 Å². The number of rotatable bonds is 2. The first-order valence-corrected chi connectivity index (χ1v) is 7.98. The number of hydrogen-bond donors (Lipinski definition) is 1. The van der Waals surface area contributed by atoms with E-state index in [0.717, 1.165) is 38.2 Å². The highest BCUT2D eigenvalue weighted by atomic mass is 32.2. The van der Waals surface area contributed by atoms with Gasteiger partial charge < -0.3 is 14.9 Å². The molecule has 2 amide bonds. The number of carboxylic acid groups (broad SMARTS) is 1. The van der Waals surface area contributed by atoms with Crippen LogP contribution in [0.4, 0.5) is 4.79 Å². The number of likely N-dealkylation sites (tertiary alicyclic amines) is 1. The average molecular weight is 286 g/mol. The Bertz CT molecular complexity index is 351. The van der Waals surface area contributed by atoms with Gasteiger partial charge in [0.25, 0.3) is 0 Å². The first kappa shape index (κ1) is 14.5. The predicted molar refractivity (Wildman–Crippen MR) is 75.4 cm³/mol. The number of carbonyl (C=O) groups excluding carboxylic acids is 1. The lowest BCUT2D eigenvalue weighted by Gasteiger charge is -2.38. The smallest absolute Gasteiger partial charge is 0.320 e. The van der Waals surface area contributed by atoms with Crippen LogP contribution < -0.4 is 0 Å². The number of piperidine rings is 1. The van der Waals surface area contributed by atoms with E-state index in [9.17, 15) is 9.59 Å². The van der Waals surface area contributed by atoms with Gasteiger partial charge in [-0.2, -0.15) is 11.8 Å². The second-order valence-electron chi connectivity index (χ2n) is 5.46. The first-order valence-electron chi connectivity index (χ1n) is 6.93. The summed E-state index contributed by atoms with van der Waals surface area (Å²) in [6, 6.07) is 0.0993. The zero-order valence-electron chi connectivity index (χ0n) is 11.4. The van der Waals surface area contributed by atoms with Crippen molar-refractivity contribution in [1.29, 1.82) is 0 Å². The Morgan fingerprint density at radius 1 is 1.26 bits per heavy atom. The molecular formula is C13H22N2O3S. The fourth-order valence-corrected chi connectivity index (χ4v) is 3.86. The molecule has 2 rings (SSSR count). The SMILES string of the molecule is CC1CN(C(=O)N2CCCC(CC(=O)O)C2)CCS1. The van der Waals surface area contributed by atoms with E-state index in [2.05, 4.69) is 6.92 Å². The maximum Gasteiger partial charge on any atom is 0.320 e. The molecule has 2 aliphatic rings. The van der Waals surface area contributed by atoms with Crippen molar-refractivity contribution < 1.29 is 14.7 Å². The number of aliphatic carboxylic acids is 1. The van der Waals surface area contributed by atoms with Crippen LogP contribution in [0.3, 0.4) is 0 Å². The van der Waals surface area contributed by atoms with E-state index in [4.69, 9.17) is 5.11 Å². The van der Waals surface area contributed by atoms with Crippen molar-refractivity contribution in [3.63, 3.8) is 0 Å². The molecule has 2 heterocycles. The molecule has 2 fully saturated rings. The molecule has 0 aliphatic carbocycles. The summed E-state index contributed by atoms with van der Waals surface area (Å²) in [5, 5.41) is 9.35. The van der Waals surface area contributed by atoms with E-state index < -0.39 is 5.97 Å². The Balaban J connectivity index is 1.89. The number of thioether (sulfide) groups is 1. The van der Waals surface area contributed by atoms with Crippen molar-refractivity contribution in [2.75, 3.05) is 31.9 Å². The predicted octanol–water partition coefficient (Wildman–Crippen LogP) is 1.73. The number of carboxylic acids is 1. The highest BCUT2D eigenvalue weighted by Gasteiger charge is 2.30. The van der Waals surface area contributed by atoms with Gasteiger partial charge in [0, 0.05) is 43.6 Å². The van der Waals surface area contributed by atoms with Crippen molar-refractivity contribution in [3.05, 3.63) is 0 Å². The Morgan fingerprint density at radius 2 is 2.00 bits per heavy atom. The van der Waals surface area contributed by atoms with Crippen molar-refractivity contribution in [2.24, 2.45) is 5.92 Å². The first-order chi connectivity index (χ1) is 9.06. The molecular weight excluding hydrogens is 264 g/mol. The number of carbonyl (C=O) groups is 2. The molecule has 0 aromatic carbocycles. The fourth-order valence-electron chi connectivity index (χ4n) is 2.84. The summed E-state index contributed by atoms with van der Waals surface area (Å²) in [4.78, 5) is 27.0. The third-order valence-electron chi connectivity index (χ3n) is 3.76. The molecule has 108 valence electrons. The molecule has 2 unspecified atom stereocenters. The maximum atomic E-state index is 12.4. The standard InChI is InChI=1S/C13H22N2O3S/c1-10-8-15(5-6-19-10)13(18)14-4-2-3-11(9-14)7-12(16)17/h10-11H,2-9H2,1H3,(H,16,17). The molecule has 0 bridgehead atoms. The van der Waals surface area contributed by atoms with Crippen LogP contribution in [0.5, 0.6) is 0 Å². The molecule has 0 aromatic heterocycles. The zero-order chi connectivity index (χ0) is 13.8. The lowest BCUT2D eigenvalue weighted by molar-refractivity contribution is -0.138. The van der Waals surface area contributed by atoms with Crippen molar-refractivity contribution in [2.45, 2.75) is 31.4 Å². The largest absolute Gasteiger partial charge is 0.481 e. The summed E-state index contributed by atoms with van der Waals surface area (Å²) < 4.78 is 0. The average Bonchev–Trinajstić information content (AvgIpc) is 2.37. The van der Waals surface area contributed by atoms with Crippen molar-refractivity contribution >= 4 is 23.8 Å². The Hall–Kier alpha value is -0.910. The van der Waals surface area contributed by atoms with Gasteiger partial charge >= 0.3 is 12.0 Å². The molecule has 6 heteroatoms. The summed E-state index contributed by atoms with van der Waals surface area (Å²) >= 11 is 1.90. The van der Waals surface area contributed by atoms with Crippen LogP contribution in [0.25, 0.3) is 0 Å². The number of nitrogens with zero attached hydrogens (tertiary/aromatic N) is 2. The van der Waals surface area contributed by atoms with E-state index in [1.165, 1.54) is 0 Å². The van der Waals surface area contributed by atoms with Gasteiger partial charge in [0.2, 0.25) is 0 Å². The van der Waals surface area contributed by atoms with Crippen LogP contribution in [0.2, 0.25) is 0 Å². The van der Waals surface area contributed by atoms with Gasteiger partial charge in [0.1, 0.15) is 0 Å².